The van der Waals surface area contributed by atoms with Gasteiger partial charge in [-0.25, -0.2) is 0 Å². The fraction of sp³-hybridized carbons (Fsp3) is 0.0758. The smallest absolute Gasteiger partial charge is 0.0622 e. The molecule has 0 heterocycles. The Bertz CT molecular complexity index is 7540. The SMILES string of the molecule is Cc1ccc(-c2ccc(-c3ccc4ccccc4c3)cc2)cc1.Cc1ccc(-c2ccc(-c3cccc4ccccc34)cc2)cc1.Cc1ccc(-c2ccc3c(c2)C(C)(C)c2ccccc2-3)cc1.Cc1ccc(-c2ccc3c(c2)C(c2ccccc2)(c2ccccc2)c2ccccc2-3)cc1.Cc1ccc(-c2ccc3c(c2)C2(c4ccccc4-c4ccccc42)c2ccccc2-3)cc1. The first-order valence-electron chi connectivity index (χ1n) is 46.3. The van der Waals surface area contributed by atoms with Crippen molar-refractivity contribution >= 4 is 21.5 Å². The van der Waals surface area contributed by atoms with Gasteiger partial charge in [0, 0.05) is 5.41 Å². The van der Waals surface area contributed by atoms with Crippen LogP contribution in [0.2, 0.25) is 0 Å². The maximum absolute atomic E-state index is 2.44. The zero-order chi connectivity index (χ0) is 89.4. The van der Waals surface area contributed by atoms with Crippen LogP contribution in [0.4, 0.5) is 0 Å². The predicted molar refractivity (Wildman–Crippen MR) is 560 cm³/mol. The van der Waals surface area contributed by atoms with Gasteiger partial charge in [-0.1, -0.05) is 509 Å². The number of rotatable bonds is 9. The van der Waals surface area contributed by atoms with Crippen LogP contribution in [0.1, 0.15) is 97.3 Å². The van der Waals surface area contributed by atoms with E-state index in [0.29, 0.717) is 0 Å². The Morgan fingerprint density at radius 3 is 0.780 bits per heavy atom. The van der Waals surface area contributed by atoms with E-state index >= 15 is 0 Å². The van der Waals surface area contributed by atoms with E-state index in [4.69, 9.17) is 0 Å². The van der Waals surface area contributed by atoms with Gasteiger partial charge in [-0.2, -0.15) is 0 Å². The molecule has 0 bridgehead atoms. The molecule has 1 spiro atoms. The van der Waals surface area contributed by atoms with Gasteiger partial charge in [0.05, 0.1) is 10.8 Å². The van der Waals surface area contributed by atoms with Crippen molar-refractivity contribution in [1.29, 1.82) is 0 Å². The second-order valence-corrected chi connectivity index (χ2v) is 36.4. The number of benzene rings is 21. The molecule has 0 radical (unpaired) electrons. The van der Waals surface area contributed by atoms with E-state index in [1.54, 1.807) is 0 Å². The van der Waals surface area contributed by atoms with Crippen LogP contribution in [-0.4, -0.2) is 0 Å². The fourth-order valence-electron chi connectivity index (χ4n) is 21.1. The fourth-order valence-corrected chi connectivity index (χ4v) is 21.1. The molecule has 0 fully saturated rings. The molecule has 0 aliphatic heterocycles. The third-order valence-electron chi connectivity index (χ3n) is 27.9. The summed E-state index contributed by atoms with van der Waals surface area (Å²) in [6.45, 7) is 15.3. The van der Waals surface area contributed by atoms with Gasteiger partial charge in [0.15, 0.2) is 0 Å². The first kappa shape index (κ1) is 83.1. The molecule has 0 nitrogen and oxygen atoms in total. The Labute approximate surface area is 777 Å². The number of hydrogen-bond acceptors (Lipinski definition) is 0. The van der Waals surface area contributed by atoms with Crippen LogP contribution < -0.4 is 0 Å². The zero-order valence-electron chi connectivity index (χ0n) is 75.8. The largest absolute Gasteiger partial charge is 0.0725 e. The lowest BCUT2D eigenvalue weighted by molar-refractivity contribution is 0.660. The van der Waals surface area contributed by atoms with Crippen molar-refractivity contribution in [3.63, 3.8) is 0 Å². The van der Waals surface area contributed by atoms with E-state index < -0.39 is 0 Å². The van der Waals surface area contributed by atoms with Crippen LogP contribution in [0.5, 0.6) is 0 Å². The Hall–Kier alpha value is -15.9. The van der Waals surface area contributed by atoms with Gasteiger partial charge in [0.1, 0.15) is 0 Å². The summed E-state index contributed by atoms with van der Waals surface area (Å²) in [5.74, 6) is 0. The highest BCUT2D eigenvalue weighted by Gasteiger charge is 2.52. The molecule has 4 aliphatic carbocycles. The molecule has 25 rings (SSSR count). The molecule has 0 unspecified atom stereocenters. The van der Waals surface area contributed by atoms with E-state index in [-0.39, 0.29) is 16.2 Å². The minimum absolute atomic E-state index is 0.0760. The first-order valence-corrected chi connectivity index (χ1v) is 46.3. The van der Waals surface area contributed by atoms with Gasteiger partial charge in [0.2, 0.25) is 0 Å². The third kappa shape index (κ3) is 15.3. The minimum atomic E-state index is -0.338. The molecule has 0 saturated carbocycles. The summed E-state index contributed by atoms with van der Waals surface area (Å²) in [7, 11) is 0. The second-order valence-electron chi connectivity index (χ2n) is 36.4. The third-order valence-corrected chi connectivity index (χ3v) is 27.9. The van der Waals surface area contributed by atoms with Crippen molar-refractivity contribution in [1.82, 2.24) is 0 Å². The molecular formula is C132H102. The van der Waals surface area contributed by atoms with Crippen LogP contribution in [0.3, 0.4) is 0 Å². The molecule has 21 aromatic carbocycles. The topological polar surface area (TPSA) is 0 Å². The van der Waals surface area contributed by atoms with Gasteiger partial charge in [-0.15, -0.1) is 0 Å². The molecule has 0 amide bonds. The summed E-state index contributed by atoms with van der Waals surface area (Å²) in [5.41, 5.74) is 48.3. The van der Waals surface area contributed by atoms with Crippen molar-refractivity contribution < 1.29 is 0 Å². The van der Waals surface area contributed by atoms with Crippen molar-refractivity contribution in [3.05, 3.63) is 575 Å². The van der Waals surface area contributed by atoms with Gasteiger partial charge in [0.25, 0.3) is 0 Å². The van der Waals surface area contributed by atoms with Crippen molar-refractivity contribution in [2.75, 3.05) is 0 Å². The predicted octanol–water partition coefficient (Wildman–Crippen LogP) is 35.0. The van der Waals surface area contributed by atoms with E-state index in [1.807, 2.05) is 0 Å². The monoisotopic (exact) mass is 1690 g/mol. The molecule has 0 N–H and O–H groups in total. The highest BCUT2D eigenvalue weighted by molar-refractivity contribution is 5.99. The number of aryl methyl sites for hydroxylation is 5. The molecule has 0 atom stereocenters. The number of hydrogen-bond donors (Lipinski definition) is 0. The average molecular weight is 1690 g/mol. The van der Waals surface area contributed by atoms with Gasteiger partial charge >= 0.3 is 0 Å². The Morgan fingerprint density at radius 2 is 0.379 bits per heavy atom. The summed E-state index contributed by atoms with van der Waals surface area (Å²) in [6.07, 6.45) is 0. The van der Waals surface area contributed by atoms with E-state index in [0.717, 1.165) is 0 Å². The van der Waals surface area contributed by atoms with Crippen LogP contribution >= 0.6 is 0 Å². The van der Waals surface area contributed by atoms with Gasteiger partial charge in [-0.05, 0) is 258 Å². The van der Waals surface area contributed by atoms with Crippen LogP contribution in [0.25, 0.3) is 144 Å². The normalized spacial score (nSPS) is 12.8. The molecule has 4 aliphatic rings. The highest BCUT2D eigenvalue weighted by Crippen LogP contribution is 2.64. The van der Waals surface area contributed by atoms with E-state index in [1.165, 1.54) is 227 Å². The Balaban J connectivity index is 0.000000100. The molecule has 0 heteroatoms. The lowest BCUT2D eigenvalue weighted by atomic mass is 9.67. The molecule has 630 valence electrons. The lowest BCUT2D eigenvalue weighted by Crippen LogP contribution is -2.28. The van der Waals surface area contributed by atoms with E-state index in [2.05, 4.69) is 540 Å². The summed E-state index contributed by atoms with van der Waals surface area (Å²) in [5, 5.41) is 5.16. The van der Waals surface area contributed by atoms with Crippen molar-refractivity contribution in [2.45, 2.75) is 64.7 Å². The molecule has 21 aromatic rings. The number of fused-ring (bicyclic) bond motifs is 18. The minimum Gasteiger partial charge on any atom is -0.0622 e. The van der Waals surface area contributed by atoms with Gasteiger partial charge in [-0.3, -0.25) is 0 Å². The quantitative estimate of drug-likeness (QED) is 0.135. The average Bonchev–Trinajstić information content (AvgIpc) is 1.52. The van der Waals surface area contributed by atoms with E-state index in [9.17, 15) is 0 Å². The first-order chi connectivity index (χ1) is 64.7. The van der Waals surface area contributed by atoms with Crippen molar-refractivity contribution in [2.24, 2.45) is 0 Å². The van der Waals surface area contributed by atoms with Crippen LogP contribution in [0.15, 0.2) is 491 Å². The van der Waals surface area contributed by atoms with Crippen LogP contribution in [-0.2, 0) is 16.2 Å². The molecular weight excluding hydrogens is 1590 g/mol. The summed E-state index contributed by atoms with van der Waals surface area (Å²) in [6, 6.07) is 179. The molecule has 132 heavy (non-hydrogen) atoms. The highest BCUT2D eigenvalue weighted by atomic mass is 14.5. The molecule has 0 aromatic heterocycles. The Morgan fingerprint density at radius 1 is 0.136 bits per heavy atom. The zero-order valence-corrected chi connectivity index (χ0v) is 75.8. The Kier molecular flexibility index (Phi) is 22.2. The van der Waals surface area contributed by atoms with Crippen LogP contribution in [0, 0.1) is 34.6 Å². The summed E-state index contributed by atoms with van der Waals surface area (Å²) in [4.78, 5) is 0. The standard InChI is InChI=1S/C32H22.C32H24.2C23H18.C22H20/c1-21-14-16-22(17-15-21)23-18-19-27-26-10-4-7-13-30(26)32(31(27)20-23)28-11-5-2-8-24(28)25-9-3-6-12-29(25)32;1-23-16-18-24(19-17-23)25-20-21-29-28-14-8-9-15-30(28)32(31(29)22-25,26-10-4-2-5-11-26)27-12-6-3-7-13-27;1-17-9-11-18(12-10-17)19-13-15-21(16-14-19)23-8-4-6-20-5-2-3-7-22(20)23;1-17-6-8-19(9-7-17)20-10-12-21(13-11-20)23-15-14-18-4-2-3-5-22(18)16-23;1-15-8-10-16(11-9-15)17-12-13-19-18-6-4-5-7-20(18)22(2,3)21(19)14-17/h2-20H,1H3;2-22H,1H3;2*2-16H,1H3;4-14H,1-3H3. The summed E-state index contributed by atoms with van der Waals surface area (Å²) < 4.78 is 0. The van der Waals surface area contributed by atoms with Gasteiger partial charge < -0.3 is 0 Å². The van der Waals surface area contributed by atoms with Crippen molar-refractivity contribution in [3.8, 4) is 122 Å². The second kappa shape index (κ2) is 35.3. The maximum atomic E-state index is 2.44. The lowest BCUT2D eigenvalue weighted by Gasteiger charge is -2.34. The summed E-state index contributed by atoms with van der Waals surface area (Å²) >= 11 is 0. The molecule has 0 saturated heterocycles. The maximum Gasteiger partial charge on any atom is 0.0725 e.